The van der Waals surface area contributed by atoms with Crippen molar-refractivity contribution in [2.45, 2.75) is 19.9 Å². The number of rotatable bonds is 7. The zero-order chi connectivity index (χ0) is 16.5. The number of nitrogens with zero attached hydrogens (tertiary/aromatic N) is 1. The van der Waals surface area contributed by atoms with Gasteiger partial charge in [0.25, 0.3) is 0 Å². The zero-order valence-electron chi connectivity index (χ0n) is 13.4. The summed E-state index contributed by atoms with van der Waals surface area (Å²) in [6, 6.07) is 19.5. The van der Waals surface area contributed by atoms with E-state index in [2.05, 4.69) is 5.32 Å². The van der Waals surface area contributed by atoms with Crippen molar-refractivity contribution in [3.05, 3.63) is 71.8 Å². The predicted octanol–water partition coefficient (Wildman–Crippen LogP) is 2.39. The molecule has 0 aliphatic carbocycles. The summed E-state index contributed by atoms with van der Waals surface area (Å²) in [6.07, 6.45) is 0.361. The Bertz CT molecular complexity index is 626. The van der Waals surface area contributed by atoms with E-state index < -0.39 is 0 Å². The molecule has 0 heterocycles. The van der Waals surface area contributed by atoms with Gasteiger partial charge in [-0.3, -0.25) is 9.59 Å². The minimum Gasteiger partial charge on any atom is -0.354 e. The summed E-state index contributed by atoms with van der Waals surface area (Å²) in [7, 11) is 0. The van der Waals surface area contributed by atoms with Gasteiger partial charge in [0.05, 0.1) is 6.42 Å². The first-order valence-electron chi connectivity index (χ1n) is 7.75. The third-order valence-electron chi connectivity index (χ3n) is 3.57. The van der Waals surface area contributed by atoms with Crippen LogP contribution in [0.5, 0.6) is 0 Å². The van der Waals surface area contributed by atoms with E-state index in [9.17, 15) is 9.59 Å². The molecule has 1 N–H and O–H groups in total. The highest BCUT2D eigenvalue weighted by molar-refractivity contribution is 5.78. The molecule has 0 saturated carbocycles. The summed E-state index contributed by atoms with van der Waals surface area (Å²) in [5.74, 6) is -0.0226. The van der Waals surface area contributed by atoms with Crippen molar-refractivity contribution in [2.24, 2.45) is 0 Å². The molecule has 2 aromatic rings. The highest BCUT2D eigenvalue weighted by atomic mass is 16.2. The lowest BCUT2D eigenvalue weighted by Crippen LogP contribution is -2.37. The second kappa shape index (κ2) is 8.73. The molecule has 0 aromatic heterocycles. The Morgan fingerprint density at radius 1 is 0.913 bits per heavy atom. The van der Waals surface area contributed by atoms with E-state index >= 15 is 0 Å². The van der Waals surface area contributed by atoms with E-state index in [0.29, 0.717) is 26.1 Å². The molecule has 2 amide bonds. The van der Waals surface area contributed by atoms with Gasteiger partial charge in [-0.15, -0.1) is 0 Å². The average Bonchev–Trinajstić information content (AvgIpc) is 2.55. The maximum atomic E-state index is 11.9. The number of benzene rings is 2. The molecular weight excluding hydrogens is 288 g/mol. The Morgan fingerprint density at radius 2 is 1.48 bits per heavy atom. The zero-order valence-corrected chi connectivity index (χ0v) is 13.4. The third-order valence-corrected chi connectivity index (χ3v) is 3.57. The Balaban J connectivity index is 1.78. The van der Waals surface area contributed by atoms with E-state index in [1.54, 1.807) is 11.8 Å². The van der Waals surface area contributed by atoms with Crippen LogP contribution in [-0.2, 0) is 22.6 Å². The summed E-state index contributed by atoms with van der Waals surface area (Å²) in [6.45, 7) is 3.07. The van der Waals surface area contributed by atoms with Gasteiger partial charge in [0.2, 0.25) is 11.8 Å². The largest absolute Gasteiger partial charge is 0.354 e. The Hall–Kier alpha value is -2.62. The minimum atomic E-state index is -0.0283. The van der Waals surface area contributed by atoms with Crippen LogP contribution in [0.1, 0.15) is 18.1 Å². The molecule has 0 saturated heterocycles. The SMILES string of the molecule is CC(=O)N(CCNC(=O)Cc1ccccc1)Cc1ccccc1. The van der Waals surface area contributed by atoms with Crippen LogP contribution in [0.25, 0.3) is 0 Å². The van der Waals surface area contributed by atoms with Crippen molar-refractivity contribution < 1.29 is 9.59 Å². The van der Waals surface area contributed by atoms with Crippen LogP contribution in [0.15, 0.2) is 60.7 Å². The van der Waals surface area contributed by atoms with Crippen LogP contribution in [0, 0.1) is 0 Å². The summed E-state index contributed by atoms with van der Waals surface area (Å²) in [4.78, 5) is 25.4. The molecule has 4 heteroatoms. The molecule has 0 fully saturated rings. The highest BCUT2D eigenvalue weighted by Gasteiger charge is 2.10. The van der Waals surface area contributed by atoms with Crippen LogP contribution >= 0.6 is 0 Å². The average molecular weight is 310 g/mol. The van der Waals surface area contributed by atoms with Gasteiger partial charge in [0.1, 0.15) is 0 Å². The van der Waals surface area contributed by atoms with Gasteiger partial charge in [0.15, 0.2) is 0 Å². The van der Waals surface area contributed by atoms with Crippen LogP contribution in [0.2, 0.25) is 0 Å². The van der Waals surface area contributed by atoms with Crippen LogP contribution in [0.3, 0.4) is 0 Å². The molecule has 4 nitrogen and oxygen atoms in total. The van der Waals surface area contributed by atoms with Crippen molar-refractivity contribution >= 4 is 11.8 Å². The third kappa shape index (κ3) is 5.94. The Morgan fingerprint density at radius 3 is 2.04 bits per heavy atom. The molecule has 2 aromatic carbocycles. The van der Waals surface area contributed by atoms with Gasteiger partial charge in [-0.05, 0) is 11.1 Å². The molecule has 0 aliphatic rings. The van der Waals surface area contributed by atoms with Gasteiger partial charge in [-0.2, -0.15) is 0 Å². The molecule has 0 bridgehead atoms. The smallest absolute Gasteiger partial charge is 0.224 e. The molecule has 0 unspecified atom stereocenters. The lowest BCUT2D eigenvalue weighted by atomic mass is 10.1. The minimum absolute atomic E-state index is 0.00571. The molecule has 0 radical (unpaired) electrons. The highest BCUT2D eigenvalue weighted by Crippen LogP contribution is 2.04. The second-order valence-corrected chi connectivity index (χ2v) is 5.44. The number of carbonyl (C=O) groups excluding carboxylic acids is 2. The van der Waals surface area contributed by atoms with Gasteiger partial charge in [-0.1, -0.05) is 60.7 Å². The summed E-state index contributed by atoms with van der Waals surface area (Å²) in [5, 5.41) is 2.87. The van der Waals surface area contributed by atoms with Crippen LogP contribution in [0.4, 0.5) is 0 Å². The second-order valence-electron chi connectivity index (χ2n) is 5.44. The topological polar surface area (TPSA) is 49.4 Å². The summed E-state index contributed by atoms with van der Waals surface area (Å²) < 4.78 is 0. The number of amides is 2. The van der Waals surface area contributed by atoms with E-state index in [4.69, 9.17) is 0 Å². The van der Waals surface area contributed by atoms with Gasteiger partial charge in [0, 0.05) is 26.6 Å². The van der Waals surface area contributed by atoms with Gasteiger partial charge >= 0.3 is 0 Å². The molecule has 0 atom stereocenters. The Labute approximate surface area is 137 Å². The normalized spacial score (nSPS) is 10.1. The first-order chi connectivity index (χ1) is 11.1. The number of hydrogen-bond acceptors (Lipinski definition) is 2. The lowest BCUT2D eigenvalue weighted by Gasteiger charge is -2.21. The van der Waals surface area contributed by atoms with Crippen LogP contribution < -0.4 is 5.32 Å². The first kappa shape index (κ1) is 16.7. The maximum absolute atomic E-state index is 11.9. The first-order valence-corrected chi connectivity index (χ1v) is 7.75. The van der Waals surface area contributed by atoms with Crippen LogP contribution in [-0.4, -0.2) is 29.8 Å². The monoisotopic (exact) mass is 310 g/mol. The molecule has 23 heavy (non-hydrogen) atoms. The van der Waals surface area contributed by atoms with Gasteiger partial charge < -0.3 is 10.2 Å². The predicted molar refractivity (Wildman–Crippen MR) is 90.7 cm³/mol. The molecule has 0 aliphatic heterocycles. The van der Waals surface area contributed by atoms with Crippen molar-refractivity contribution in [1.29, 1.82) is 0 Å². The summed E-state index contributed by atoms with van der Waals surface area (Å²) in [5.41, 5.74) is 2.07. The van der Waals surface area contributed by atoms with Crippen molar-refractivity contribution in [1.82, 2.24) is 10.2 Å². The van der Waals surface area contributed by atoms with E-state index in [1.165, 1.54) is 0 Å². The maximum Gasteiger partial charge on any atom is 0.224 e. The van der Waals surface area contributed by atoms with Gasteiger partial charge in [-0.25, -0.2) is 0 Å². The van der Waals surface area contributed by atoms with Crippen molar-refractivity contribution in [3.63, 3.8) is 0 Å². The van der Waals surface area contributed by atoms with E-state index in [1.807, 2.05) is 60.7 Å². The molecule has 120 valence electrons. The summed E-state index contributed by atoms with van der Waals surface area (Å²) >= 11 is 0. The fraction of sp³-hybridized carbons (Fsp3) is 0.263. The standard InChI is InChI=1S/C19H22N2O2/c1-16(22)21(15-18-10-6-3-7-11-18)13-12-20-19(23)14-17-8-4-2-5-9-17/h2-11H,12-15H2,1H3,(H,20,23). The van der Waals surface area contributed by atoms with Crippen molar-refractivity contribution in [3.8, 4) is 0 Å². The molecular formula is C19H22N2O2. The van der Waals surface area contributed by atoms with E-state index in [0.717, 1.165) is 11.1 Å². The van der Waals surface area contributed by atoms with E-state index in [-0.39, 0.29) is 11.8 Å². The Kier molecular flexibility index (Phi) is 6.36. The lowest BCUT2D eigenvalue weighted by molar-refractivity contribution is -0.130. The number of nitrogens with one attached hydrogen (secondary N) is 1. The van der Waals surface area contributed by atoms with Crippen molar-refractivity contribution in [2.75, 3.05) is 13.1 Å². The molecule has 0 spiro atoms. The fourth-order valence-corrected chi connectivity index (χ4v) is 2.33. The fourth-order valence-electron chi connectivity index (χ4n) is 2.33. The number of hydrogen-bond donors (Lipinski definition) is 1. The quantitative estimate of drug-likeness (QED) is 0.853. The number of carbonyl (C=O) groups is 2. The molecule has 2 rings (SSSR count).